The number of Topliss-reactive ketones (excluding diaryl/α,β-unsaturated/α-hetero) is 1. The van der Waals surface area contributed by atoms with E-state index in [4.69, 9.17) is 14.7 Å². The molecule has 0 amide bonds. The van der Waals surface area contributed by atoms with Gasteiger partial charge in [0, 0.05) is 66.4 Å². The van der Waals surface area contributed by atoms with E-state index >= 15 is 0 Å². The number of rotatable bonds is 8. The number of carbonyl (C=O) groups excluding carboxylic acids is 1. The van der Waals surface area contributed by atoms with Crippen molar-refractivity contribution in [1.29, 1.82) is 0 Å². The molecule has 0 spiro atoms. The fraction of sp³-hybridized carbons (Fsp3) is 0.407. The minimum absolute atomic E-state index is 0.0957. The number of methoxy groups -OCH3 is 1. The quantitative estimate of drug-likeness (QED) is 0.356. The molecule has 2 aromatic heterocycles. The Morgan fingerprint density at radius 3 is 2.71 bits per heavy atom. The zero-order valence-electron chi connectivity index (χ0n) is 20.5. The van der Waals surface area contributed by atoms with E-state index in [0.717, 1.165) is 55.0 Å². The normalized spacial score (nSPS) is 14.9. The number of nitrogens with one attached hydrogen (secondary N) is 1. The molecular weight excluding hydrogens is 426 g/mol. The zero-order chi connectivity index (χ0) is 24.1. The third-order valence-corrected chi connectivity index (χ3v) is 6.61. The van der Waals surface area contributed by atoms with Gasteiger partial charge in [0.15, 0.2) is 5.78 Å². The molecule has 3 aromatic rings. The summed E-state index contributed by atoms with van der Waals surface area (Å²) < 4.78 is 5.50. The molecule has 7 nitrogen and oxygen atoms in total. The molecule has 0 radical (unpaired) electrons. The summed E-state index contributed by atoms with van der Waals surface area (Å²) in [6.45, 7) is 7.76. The Labute approximate surface area is 201 Å². The number of anilines is 1. The Morgan fingerprint density at radius 1 is 1.26 bits per heavy atom. The zero-order valence-corrected chi connectivity index (χ0v) is 20.5. The van der Waals surface area contributed by atoms with Gasteiger partial charge in [-0.15, -0.1) is 0 Å². The summed E-state index contributed by atoms with van der Waals surface area (Å²) >= 11 is 0. The first-order valence-electron chi connectivity index (χ1n) is 12.0. The molecule has 1 saturated heterocycles. The van der Waals surface area contributed by atoms with Crippen molar-refractivity contribution >= 4 is 23.0 Å². The average molecular weight is 460 g/mol. The highest BCUT2D eigenvalue weighted by atomic mass is 16.5. The molecule has 0 atom stereocenters. The van der Waals surface area contributed by atoms with Gasteiger partial charge in [-0.2, -0.15) is 0 Å². The second-order valence-corrected chi connectivity index (χ2v) is 8.65. The van der Waals surface area contributed by atoms with Crippen molar-refractivity contribution in [3.05, 3.63) is 65.4 Å². The summed E-state index contributed by atoms with van der Waals surface area (Å²) in [4.78, 5) is 32.3. The molecule has 1 aliphatic rings. The van der Waals surface area contributed by atoms with Gasteiger partial charge in [0.2, 0.25) is 0 Å². The minimum Gasteiger partial charge on any atom is -0.497 e. The van der Waals surface area contributed by atoms with Gasteiger partial charge in [-0.25, -0.2) is 9.97 Å². The Bertz CT molecular complexity index is 1160. The van der Waals surface area contributed by atoms with E-state index in [1.54, 1.807) is 13.4 Å². The first-order chi connectivity index (χ1) is 16.5. The molecule has 34 heavy (non-hydrogen) atoms. The summed E-state index contributed by atoms with van der Waals surface area (Å²) in [5, 5.41) is 0. The number of piperidine rings is 1. The summed E-state index contributed by atoms with van der Waals surface area (Å²) in [7, 11) is 1.64. The number of hydrogen-bond acceptors (Lipinski definition) is 6. The van der Waals surface area contributed by atoms with Gasteiger partial charge in [0.05, 0.1) is 19.1 Å². The van der Waals surface area contributed by atoms with Crippen LogP contribution in [0.15, 0.2) is 48.0 Å². The maximum atomic E-state index is 12.8. The molecule has 0 saturated carbocycles. The summed E-state index contributed by atoms with van der Waals surface area (Å²) in [5.41, 5.74) is 5.34. The Kier molecular flexibility index (Phi) is 7.40. The third kappa shape index (κ3) is 4.88. The van der Waals surface area contributed by atoms with Crippen molar-refractivity contribution in [2.45, 2.75) is 52.4 Å². The van der Waals surface area contributed by atoms with Gasteiger partial charge in [0.25, 0.3) is 0 Å². The number of imidazole rings is 1. The molecular formula is C27H33N5O2. The molecule has 1 fully saturated rings. The van der Waals surface area contributed by atoms with Gasteiger partial charge in [-0.3, -0.25) is 9.79 Å². The molecule has 4 rings (SSSR count). The van der Waals surface area contributed by atoms with E-state index in [-0.39, 0.29) is 5.78 Å². The van der Waals surface area contributed by atoms with Crippen LogP contribution in [-0.4, -0.2) is 46.6 Å². The highest BCUT2D eigenvalue weighted by molar-refractivity contribution is 6.07. The van der Waals surface area contributed by atoms with E-state index < -0.39 is 0 Å². The average Bonchev–Trinajstić information content (AvgIpc) is 3.43. The molecule has 3 heterocycles. The second-order valence-electron chi connectivity index (χ2n) is 8.65. The van der Waals surface area contributed by atoms with Crippen LogP contribution in [0.4, 0.5) is 11.5 Å². The maximum absolute atomic E-state index is 12.8. The number of carbonyl (C=O) groups is 1. The number of aromatic amines is 1. The number of aliphatic imine (C=N–C) groups is 1. The number of H-pyrrole nitrogens is 1. The highest BCUT2D eigenvalue weighted by Gasteiger charge is 2.24. The minimum atomic E-state index is 0.0957. The van der Waals surface area contributed by atoms with Crippen LogP contribution in [0.2, 0.25) is 0 Å². The fourth-order valence-electron chi connectivity index (χ4n) is 4.71. The second kappa shape index (κ2) is 10.6. The van der Waals surface area contributed by atoms with Crippen molar-refractivity contribution in [3.8, 4) is 5.75 Å². The number of hydrogen-bond donors (Lipinski definition) is 1. The van der Waals surface area contributed by atoms with Crippen molar-refractivity contribution < 1.29 is 9.53 Å². The largest absolute Gasteiger partial charge is 0.497 e. The van der Waals surface area contributed by atoms with Crippen LogP contribution in [0.3, 0.4) is 0 Å². The van der Waals surface area contributed by atoms with Gasteiger partial charge in [-0.1, -0.05) is 13.8 Å². The molecule has 1 aromatic carbocycles. The lowest BCUT2D eigenvalue weighted by Gasteiger charge is -2.33. The first kappa shape index (κ1) is 23.7. The number of ketones is 1. The van der Waals surface area contributed by atoms with E-state index in [2.05, 4.69) is 20.9 Å². The SMILES string of the molecule is CCC(=O)c1c(CC)cc(OC)cc1N=C(C)c1cccnc1N1CCC(c2cnc[nH]2)CC1. The maximum Gasteiger partial charge on any atom is 0.165 e. The molecule has 178 valence electrons. The number of benzene rings is 1. The molecule has 7 heteroatoms. The molecule has 0 aliphatic carbocycles. The Hall–Kier alpha value is -3.48. The molecule has 0 bridgehead atoms. The van der Waals surface area contributed by atoms with E-state index in [9.17, 15) is 4.79 Å². The van der Waals surface area contributed by atoms with Crippen LogP contribution in [0.25, 0.3) is 0 Å². The number of ether oxygens (including phenoxy) is 1. The van der Waals surface area contributed by atoms with E-state index in [1.807, 2.05) is 51.4 Å². The van der Waals surface area contributed by atoms with E-state index in [0.29, 0.717) is 29.3 Å². The summed E-state index contributed by atoms with van der Waals surface area (Å²) in [5.74, 6) is 2.24. The lowest BCUT2D eigenvalue weighted by molar-refractivity contribution is 0.0988. The van der Waals surface area contributed by atoms with Gasteiger partial charge in [-0.05, 0) is 49.9 Å². The Morgan fingerprint density at radius 2 is 2.06 bits per heavy atom. The van der Waals surface area contributed by atoms with E-state index in [1.165, 1.54) is 5.69 Å². The van der Waals surface area contributed by atoms with Crippen LogP contribution < -0.4 is 9.64 Å². The smallest absolute Gasteiger partial charge is 0.165 e. The van der Waals surface area contributed by atoms with Gasteiger partial charge in [0.1, 0.15) is 11.6 Å². The number of aromatic nitrogens is 3. The molecule has 1 aliphatic heterocycles. The van der Waals surface area contributed by atoms with Gasteiger partial charge < -0.3 is 14.6 Å². The number of aryl methyl sites for hydroxylation is 1. The third-order valence-electron chi connectivity index (χ3n) is 6.61. The lowest BCUT2D eigenvalue weighted by atomic mass is 9.93. The van der Waals surface area contributed by atoms with Crippen LogP contribution in [0, 0.1) is 0 Å². The van der Waals surface area contributed by atoms with Crippen molar-refractivity contribution in [2.24, 2.45) is 4.99 Å². The van der Waals surface area contributed by atoms with Gasteiger partial charge >= 0.3 is 0 Å². The number of nitrogens with zero attached hydrogens (tertiary/aromatic N) is 4. The van der Waals surface area contributed by atoms with Crippen LogP contribution in [0.1, 0.15) is 73.1 Å². The highest BCUT2D eigenvalue weighted by Crippen LogP contribution is 2.33. The first-order valence-corrected chi connectivity index (χ1v) is 12.0. The summed E-state index contributed by atoms with van der Waals surface area (Å²) in [6.07, 6.45) is 8.77. The topological polar surface area (TPSA) is 83.5 Å². The number of pyridine rings is 1. The molecule has 1 N–H and O–H groups in total. The fourth-order valence-corrected chi connectivity index (χ4v) is 4.71. The van der Waals surface area contributed by atoms with Crippen molar-refractivity contribution in [3.63, 3.8) is 0 Å². The molecule has 0 unspecified atom stereocenters. The van der Waals surface area contributed by atoms with Crippen LogP contribution >= 0.6 is 0 Å². The predicted octanol–water partition coefficient (Wildman–Crippen LogP) is 5.49. The van der Waals surface area contributed by atoms with Crippen LogP contribution in [0.5, 0.6) is 5.75 Å². The Balaban J connectivity index is 1.67. The lowest BCUT2D eigenvalue weighted by Crippen LogP contribution is -2.34. The standard InChI is InChI=1S/C27H33N5O2/c1-5-19-14-21(34-4)15-23(26(19)25(33)6-2)31-18(3)22-8-7-11-29-27(22)32-12-9-20(10-13-32)24-16-28-17-30-24/h7-8,11,14-17,20H,5-6,9-10,12-13H2,1-4H3,(H,28,30). The van der Waals surface area contributed by atoms with Crippen molar-refractivity contribution in [1.82, 2.24) is 15.0 Å². The van der Waals surface area contributed by atoms with Crippen molar-refractivity contribution in [2.75, 3.05) is 25.1 Å². The van der Waals surface area contributed by atoms with Crippen LogP contribution in [-0.2, 0) is 6.42 Å². The summed E-state index contributed by atoms with van der Waals surface area (Å²) in [6, 6.07) is 7.80. The monoisotopic (exact) mass is 459 g/mol. The predicted molar refractivity (Wildman–Crippen MR) is 136 cm³/mol.